The molecule has 0 N–H and O–H groups in total. The van der Waals surface area contributed by atoms with Crippen LogP contribution in [0.25, 0.3) is 0 Å². The van der Waals surface area contributed by atoms with Crippen LogP contribution in [-0.4, -0.2) is 19.0 Å². The Kier molecular flexibility index (Phi) is 8.98. The van der Waals surface area contributed by atoms with E-state index in [2.05, 4.69) is 42.6 Å². The molecule has 2 heteroatoms. The third-order valence-electron chi connectivity index (χ3n) is 2.30. The second-order valence-electron chi connectivity index (χ2n) is 4.32. The molecule has 0 amide bonds. The Balaban J connectivity index is 4.98. The highest BCUT2D eigenvalue weighted by Gasteiger charge is 1.96. The van der Waals surface area contributed by atoms with Crippen LogP contribution < -0.4 is 0 Å². The quantitative estimate of drug-likeness (QED) is 0.486. The van der Waals surface area contributed by atoms with Crippen LogP contribution in [0.2, 0.25) is 0 Å². The third-order valence-corrected chi connectivity index (χ3v) is 2.30. The largest absolute Gasteiger partial charge is 0.296 e. The minimum atomic E-state index is 0.819. The molecule has 0 aromatic rings. The van der Waals surface area contributed by atoms with E-state index < -0.39 is 0 Å². The Morgan fingerprint density at radius 3 is 2.26 bits per heavy atom. The molecule has 0 aromatic heterocycles. The van der Waals surface area contributed by atoms with Crippen molar-refractivity contribution in [1.82, 2.24) is 0 Å². The third kappa shape index (κ3) is 7.87. The van der Waals surface area contributed by atoms with Gasteiger partial charge in [0.25, 0.3) is 0 Å². The van der Waals surface area contributed by atoms with E-state index in [1.807, 2.05) is 26.0 Å². The highest BCUT2D eigenvalue weighted by atomic mass is 14.7. The zero-order valence-corrected chi connectivity index (χ0v) is 12.6. The summed E-state index contributed by atoms with van der Waals surface area (Å²) in [5.74, 6) is 0. The molecule has 0 spiro atoms. The predicted molar refractivity (Wildman–Crippen MR) is 88.1 cm³/mol. The fraction of sp³-hybridized carbons (Fsp3) is 0.294. The van der Waals surface area contributed by atoms with Crippen LogP contribution in [0.5, 0.6) is 0 Å². The summed E-state index contributed by atoms with van der Waals surface area (Å²) in [6.45, 7) is 11.9. The summed E-state index contributed by atoms with van der Waals surface area (Å²) < 4.78 is 0. The van der Waals surface area contributed by atoms with Gasteiger partial charge < -0.3 is 0 Å². The summed E-state index contributed by atoms with van der Waals surface area (Å²) in [4.78, 5) is 8.40. The lowest BCUT2D eigenvalue weighted by Crippen LogP contribution is -1.99. The Labute approximate surface area is 117 Å². The van der Waals surface area contributed by atoms with Crippen LogP contribution in [0.1, 0.15) is 27.7 Å². The number of nitrogens with zero attached hydrogens (tertiary/aromatic N) is 2. The van der Waals surface area contributed by atoms with Crippen molar-refractivity contribution < 1.29 is 0 Å². The number of rotatable bonds is 6. The van der Waals surface area contributed by atoms with Gasteiger partial charge in [-0.15, -0.1) is 0 Å². The Bertz CT molecular complexity index is 465. The summed E-state index contributed by atoms with van der Waals surface area (Å²) in [7, 11) is 1.74. The molecule has 0 saturated heterocycles. The Hall–Kier alpha value is -1.96. The number of aliphatic imine (C=N–C) groups is 2. The molecule has 0 fully saturated rings. The normalized spacial score (nSPS) is 14.3. The average Bonchev–Trinajstić information content (AvgIpc) is 2.39. The van der Waals surface area contributed by atoms with Gasteiger partial charge in [0.05, 0.1) is 5.71 Å². The highest BCUT2D eigenvalue weighted by molar-refractivity contribution is 6.21. The van der Waals surface area contributed by atoms with Crippen LogP contribution >= 0.6 is 0 Å². The van der Waals surface area contributed by atoms with E-state index >= 15 is 0 Å². The minimum Gasteiger partial charge on any atom is -0.296 e. The molecule has 0 saturated carbocycles. The van der Waals surface area contributed by atoms with Crippen molar-refractivity contribution in [1.29, 1.82) is 0 Å². The molecule has 0 bridgehead atoms. The maximum Gasteiger partial charge on any atom is 0.0708 e. The van der Waals surface area contributed by atoms with Crippen molar-refractivity contribution in [2.75, 3.05) is 7.05 Å². The van der Waals surface area contributed by atoms with Crippen LogP contribution in [0.4, 0.5) is 0 Å². The van der Waals surface area contributed by atoms with Gasteiger partial charge in [-0.3, -0.25) is 9.98 Å². The van der Waals surface area contributed by atoms with Gasteiger partial charge in [0, 0.05) is 25.0 Å². The topological polar surface area (TPSA) is 24.7 Å². The summed E-state index contributed by atoms with van der Waals surface area (Å²) in [6, 6.07) is 0. The number of allylic oxidation sites excluding steroid dienone is 8. The first-order valence-corrected chi connectivity index (χ1v) is 6.32. The maximum atomic E-state index is 4.40. The monoisotopic (exact) mass is 256 g/mol. The molecule has 0 heterocycles. The smallest absolute Gasteiger partial charge is 0.0708 e. The Morgan fingerprint density at radius 1 is 1.11 bits per heavy atom. The predicted octanol–water partition coefficient (Wildman–Crippen LogP) is 4.69. The molecule has 0 radical (unpaired) electrons. The molecule has 0 aliphatic carbocycles. The van der Waals surface area contributed by atoms with E-state index in [1.54, 1.807) is 25.5 Å². The standard InChI is InChI=1S/C17H24N2/c1-7-16(13-18-6)17(8-2)19-12-11-15(5)10-9-14(3)4/h7-13H,2H2,1,3-6H3/b12-11+,15-10-,16-7+,18-13-,19-17+. The fourth-order valence-corrected chi connectivity index (χ4v) is 1.26. The molecule has 0 aliphatic rings. The van der Waals surface area contributed by atoms with Crippen LogP contribution in [0.3, 0.4) is 0 Å². The van der Waals surface area contributed by atoms with Crippen LogP contribution in [-0.2, 0) is 0 Å². The zero-order chi connectivity index (χ0) is 14.7. The first-order valence-electron chi connectivity index (χ1n) is 6.32. The van der Waals surface area contributed by atoms with Crippen molar-refractivity contribution in [3.8, 4) is 0 Å². The lowest BCUT2D eigenvalue weighted by Gasteiger charge is -1.98. The van der Waals surface area contributed by atoms with Crippen molar-refractivity contribution in [3.05, 3.63) is 59.9 Å². The van der Waals surface area contributed by atoms with Crippen molar-refractivity contribution in [3.63, 3.8) is 0 Å². The first-order chi connectivity index (χ1) is 9.04. The molecule has 0 atom stereocenters. The average molecular weight is 256 g/mol. The minimum absolute atomic E-state index is 0.819. The highest BCUT2D eigenvalue weighted by Crippen LogP contribution is 2.01. The van der Waals surface area contributed by atoms with E-state index in [-0.39, 0.29) is 0 Å². The summed E-state index contributed by atoms with van der Waals surface area (Å²) in [6.07, 6.45) is 13.4. The molecule has 0 unspecified atom stereocenters. The van der Waals surface area contributed by atoms with Gasteiger partial charge in [-0.25, -0.2) is 0 Å². The molecule has 19 heavy (non-hydrogen) atoms. The molecule has 102 valence electrons. The van der Waals surface area contributed by atoms with Crippen molar-refractivity contribution in [2.45, 2.75) is 27.7 Å². The van der Waals surface area contributed by atoms with Gasteiger partial charge in [-0.2, -0.15) is 0 Å². The zero-order valence-electron chi connectivity index (χ0n) is 12.6. The van der Waals surface area contributed by atoms with E-state index in [0.29, 0.717) is 0 Å². The van der Waals surface area contributed by atoms with Crippen molar-refractivity contribution in [2.24, 2.45) is 9.98 Å². The van der Waals surface area contributed by atoms with E-state index in [4.69, 9.17) is 0 Å². The Morgan fingerprint density at radius 2 is 1.79 bits per heavy atom. The maximum absolute atomic E-state index is 4.40. The second kappa shape index (κ2) is 10.0. The van der Waals surface area contributed by atoms with Gasteiger partial charge in [-0.05, 0) is 45.4 Å². The lowest BCUT2D eigenvalue weighted by atomic mass is 10.1. The van der Waals surface area contributed by atoms with Gasteiger partial charge in [0.1, 0.15) is 0 Å². The van der Waals surface area contributed by atoms with Gasteiger partial charge in [0.2, 0.25) is 0 Å². The molecular formula is C17H24N2. The van der Waals surface area contributed by atoms with Gasteiger partial charge in [-0.1, -0.05) is 30.4 Å². The van der Waals surface area contributed by atoms with Crippen LogP contribution in [0.15, 0.2) is 69.9 Å². The van der Waals surface area contributed by atoms with Gasteiger partial charge >= 0.3 is 0 Å². The molecule has 0 aliphatic heterocycles. The van der Waals surface area contributed by atoms with Crippen molar-refractivity contribution >= 4 is 11.9 Å². The van der Waals surface area contributed by atoms with Crippen LogP contribution in [0, 0.1) is 0 Å². The molecule has 0 aromatic carbocycles. The first kappa shape index (κ1) is 17.0. The molecule has 0 rings (SSSR count). The van der Waals surface area contributed by atoms with E-state index in [9.17, 15) is 0 Å². The van der Waals surface area contributed by atoms with E-state index in [0.717, 1.165) is 16.9 Å². The lowest BCUT2D eigenvalue weighted by molar-refractivity contribution is 1.38. The molecule has 2 nitrogen and oxygen atoms in total. The SMILES string of the molecule is C=CC(=N\C=C\C(C)=C/C=C(C)C)/C(/C=N\C)=C/C. The summed E-state index contributed by atoms with van der Waals surface area (Å²) in [5, 5.41) is 0. The van der Waals surface area contributed by atoms with Gasteiger partial charge in [0.15, 0.2) is 0 Å². The second-order valence-corrected chi connectivity index (χ2v) is 4.32. The molecular weight excluding hydrogens is 232 g/mol. The van der Waals surface area contributed by atoms with E-state index in [1.165, 1.54) is 5.57 Å². The number of hydrogen-bond donors (Lipinski definition) is 0. The summed E-state index contributed by atoms with van der Waals surface area (Å²) in [5.41, 5.74) is 4.21. The number of hydrogen-bond acceptors (Lipinski definition) is 2. The fourth-order valence-electron chi connectivity index (χ4n) is 1.26. The summed E-state index contributed by atoms with van der Waals surface area (Å²) >= 11 is 0.